The molecule has 1 aliphatic heterocycles. The van der Waals surface area contributed by atoms with Gasteiger partial charge in [-0.25, -0.2) is 9.49 Å². The lowest BCUT2D eigenvalue weighted by molar-refractivity contribution is -0.134. The number of piperidine rings is 1. The van der Waals surface area contributed by atoms with Crippen LogP contribution in [0.25, 0.3) is 10.8 Å². The van der Waals surface area contributed by atoms with Crippen LogP contribution in [-0.4, -0.2) is 40.0 Å². The summed E-state index contributed by atoms with van der Waals surface area (Å²) in [5.41, 5.74) is 1.23. The molecule has 2 N–H and O–H groups in total. The van der Waals surface area contributed by atoms with Crippen molar-refractivity contribution in [1.29, 1.82) is 0 Å². The van der Waals surface area contributed by atoms with Crippen LogP contribution in [0.1, 0.15) is 50.8 Å². The van der Waals surface area contributed by atoms with Crippen molar-refractivity contribution in [3.05, 3.63) is 69.9 Å². The highest BCUT2D eigenvalue weighted by Crippen LogP contribution is 2.23. The Kier molecular flexibility index (Phi) is 7.58. The number of nitrogens with one attached hydrogen (secondary N) is 2. The molecular formula is C27H31FN4O3. The van der Waals surface area contributed by atoms with Gasteiger partial charge in [0.15, 0.2) is 0 Å². The molecule has 2 unspecified atom stereocenters. The molecule has 1 aromatic heterocycles. The van der Waals surface area contributed by atoms with Crippen LogP contribution < -0.4 is 10.9 Å². The summed E-state index contributed by atoms with van der Waals surface area (Å²) in [5, 5.41) is 10.6. The number of carbonyl (C=O) groups excluding carboxylic acids is 2. The highest BCUT2D eigenvalue weighted by atomic mass is 19.1. The van der Waals surface area contributed by atoms with E-state index in [1.54, 1.807) is 24.3 Å². The molecule has 2 heterocycles. The van der Waals surface area contributed by atoms with E-state index < -0.39 is 5.82 Å². The lowest BCUT2D eigenvalue weighted by Crippen LogP contribution is -2.42. The van der Waals surface area contributed by atoms with Crippen LogP contribution in [0.2, 0.25) is 0 Å². The van der Waals surface area contributed by atoms with Gasteiger partial charge in [0.2, 0.25) is 11.8 Å². The van der Waals surface area contributed by atoms with Gasteiger partial charge in [-0.15, -0.1) is 0 Å². The van der Waals surface area contributed by atoms with Crippen LogP contribution in [-0.2, 0) is 16.0 Å². The maximum absolute atomic E-state index is 14.4. The Hall–Kier alpha value is -3.55. The maximum Gasteiger partial charge on any atom is 0.272 e. The highest BCUT2D eigenvalue weighted by molar-refractivity contribution is 5.91. The number of benzene rings is 2. The minimum absolute atomic E-state index is 0.0741. The van der Waals surface area contributed by atoms with E-state index in [0.717, 1.165) is 30.5 Å². The summed E-state index contributed by atoms with van der Waals surface area (Å²) < 4.78 is 14.4. The van der Waals surface area contributed by atoms with E-state index in [1.807, 2.05) is 17.0 Å². The number of hydrogen-bond donors (Lipinski definition) is 2. The molecule has 2 aromatic carbocycles. The third kappa shape index (κ3) is 6.12. The topological polar surface area (TPSA) is 95.2 Å². The number of nitrogens with zero attached hydrogens (tertiary/aromatic N) is 2. The molecule has 7 nitrogen and oxygen atoms in total. The van der Waals surface area contributed by atoms with E-state index >= 15 is 0 Å². The zero-order chi connectivity index (χ0) is 24.9. The fourth-order valence-electron chi connectivity index (χ4n) is 4.92. The van der Waals surface area contributed by atoms with Crippen LogP contribution in [0.15, 0.2) is 47.3 Å². The zero-order valence-electron chi connectivity index (χ0n) is 20.1. The smallest absolute Gasteiger partial charge is 0.272 e. The van der Waals surface area contributed by atoms with E-state index in [1.165, 1.54) is 6.07 Å². The molecular weight excluding hydrogens is 447 g/mol. The van der Waals surface area contributed by atoms with Gasteiger partial charge < -0.3 is 10.2 Å². The molecule has 8 heteroatoms. The van der Waals surface area contributed by atoms with Gasteiger partial charge in [-0.05, 0) is 48.4 Å². The number of H-pyrrole nitrogens is 1. The van der Waals surface area contributed by atoms with Crippen molar-refractivity contribution < 1.29 is 14.0 Å². The van der Waals surface area contributed by atoms with Crippen LogP contribution in [0.4, 0.5) is 10.1 Å². The first kappa shape index (κ1) is 24.6. The van der Waals surface area contributed by atoms with Gasteiger partial charge in [0, 0.05) is 37.7 Å². The van der Waals surface area contributed by atoms with Gasteiger partial charge >= 0.3 is 0 Å². The Labute approximate surface area is 203 Å². The Morgan fingerprint density at radius 2 is 1.80 bits per heavy atom. The summed E-state index contributed by atoms with van der Waals surface area (Å²) in [4.78, 5) is 38.9. The van der Waals surface area contributed by atoms with Crippen molar-refractivity contribution in [2.24, 2.45) is 11.8 Å². The molecule has 2 amide bonds. The second-order valence-electron chi connectivity index (χ2n) is 9.68. The first-order valence-corrected chi connectivity index (χ1v) is 12.1. The average Bonchev–Trinajstić information content (AvgIpc) is 2.82. The zero-order valence-corrected chi connectivity index (χ0v) is 20.1. The van der Waals surface area contributed by atoms with Crippen molar-refractivity contribution in [3.8, 4) is 0 Å². The van der Waals surface area contributed by atoms with E-state index in [9.17, 15) is 18.8 Å². The molecule has 0 aliphatic carbocycles. The first-order valence-electron chi connectivity index (χ1n) is 12.1. The molecule has 4 rings (SSSR count). The second-order valence-corrected chi connectivity index (χ2v) is 9.68. The maximum atomic E-state index is 14.4. The molecule has 0 radical (unpaired) electrons. The predicted octanol–water partition coefficient (Wildman–Crippen LogP) is 4.27. The SMILES string of the molecule is CC1CC(C)CN(C(=O)CCCC(=O)Nc2cc(Cc3n[nH]c(=O)c4ccccc34)ccc2F)C1. The summed E-state index contributed by atoms with van der Waals surface area (Å²) in [5.74, 6) is 0.191. The van der Waals surface area contributed by atoms with Gasteiger partial charge in [0.25, 0.3) is 5.56 Å². The lowest BCUT2D eigenvalue weighted by Gasteiger charge is -2.35. The van der Waals surface area contributed by atoms with E-state index in [2.05, 4.69) is 29.4 Å². The van der Waals surface area contributed by atoms with Gasteiger partial charge in [-0.1, -0.05) is 38.1 Å². The number of rotatable bonds is 7. The summed E-state index contributed by atoms with van der Waals surface area (Å²) in [6.45, 7) is 5.85. The normalized spacial score (nSPS) is 18.0. The standard InChI is InChI=1S/C27H31FN4O3/c1-17-12-18(2)16-32(15-17)26(34)9-5-8-25(33)29-24-14-19(10-11-22(24)28)13-23-20-6-3-4-7-21(20)27(35)31-30-23/h3-4,6-7,10-11,14,17-18H,5,8-9,12-13,15-16H2,1-2H3,(H,29,33)(H,31,35). The molecule has 35 heavy (non-hydrogen) atoms. The van der Waals surface area contributed by atoms with Crippen molar-refractivity contribution in [3.63, 3.8) is 0 Å². The van der Waals surface area contributed by atoms with Crippen molar-refractivity contribution in [1.82, 2.24) is 15.1 Å². The minimum atomic E-state index is -0.534. The number of hydrogen-bond acceptors (Lipinski definition) is 4. The highest BCUT2D eigenvalue weighted by Gasteiger charge is 2.25. The number of carbonyl (C=O) groups is 2. The molecule has 0 saturated carbocycles. The summed E-state index contributed by atoms with van der Waals surface area (Å²) in [6.07, 6.45) is 2.35. The van der Waals surface area contributed by atoms with Crippen molar-refractivity contribution >= 4 is 28.3 Å². The minimum Gasteiger partial charge on any atom is -0.342 e. The van der Waals surface area contributed by atoms with Crippen LogP contribution in [0.5, 0.6) is 0 Å². The van der Waals surface area contributed by atoms with E-state index in [4.69, 9.17) is 0 Å². The summed E-state index contributed by atoms with van der Waals surface area (Å²) >= 11 is 0. The predicted molar refractivity (Wildman–Crippen MR) is 134 cm³/mol. The molecule has 0 spiro atoms. The second kappa shape index (κ2) is 10.8. The Balaban J connectivity index is 1.35. The summed E-state index contributed by atoms with van der Waals surface area (Å²) in [6, 6.07) is 11.7. The molecule has 1 fully saturated rings. The number of anilines is 1. The van der Waals surface area contributed by atoms with Gasteiger partial charge in [-0.2, -0.15) is 5.10 Å². The number of likely N-dealkylation sites (tertiary alicyclic amines) is 1. The Bertz CT molecular complexity index is 1280. The third-order valence-corrected chi connectivity index (χ3v) is 6.47. The van der Waals surface area contributed by atoms with Gasteiger partial charge in [0.1, 0.15) is 5.82 Å². The van der Waals surface area contributed by atoms with Crippen molar-refractivity contribution in [2.75, 3.05) is 18.4 Å². The first-order chi connectivity index (χ1) is 16.8. The number of aromatic nitrogens is 2. The largest absolute Gasteiger partial charge is 0.342 e. The molecule has 1 aliphatic rings. The monoisotopic (exact) mass is 478 g/mol. The average molecular weight is 479 g/mol. The molecule has 3 aromatic rings. The number of halogens is 1. The fraction of sp³-hybridized carbons (Fsp3) is 0.407. The molecule has 0 bridgehead atoms. The Morgan fingerprint density at radius 3 is 2.54 bits per heavy atom. The molecule has 2 atom stereocenters. The Morgan fingerprint density at radius 1 is 1.09 bits per heavy atom. The number of fused-ring (bicyclic) bond motifs is 1. The fourth-order valence-corrected chi connectivity index (χ4v) is 4.92. The van der Waals surface area contributed by atoms with Crippen LogP contribution in [0, 0.1) is 17.7 Å². The van der Waals surface area contributed by atoms with Crippen LogP contribution in [0.3, 0.4) is 0 Å². The van der Waals surface area contributed by atoms with Crippen LogP contribution >= 0.6 is 0 Å². The summed E-state index contributed by atoms with van der Waals surface area (Å²) in [7, 11) is 0. The number of amides is 2. The van der Waals surface area contributed by atoms with E-state index in [0.29, 0.717) is 42.2 Å². The van der Waals surface area contributed by atoms with Gasteiger partial charge in [-0.3, -0.25) is 14.4 Å². The van der Waals surface area contributed by atoms with Gasteiger partial charge in [0.05, 0.1) is 16.8 Å². The lowest BCUT2D eigenvalue weighted by atomic mass is 9.91. The molecule has 184 valence electrons. The molecule has 1 saturated heterocycles. The van der Waals surface area contributed by atoms with Crippen molar-refractivity contribution in [2.45, 2.75) is 46.0 Å². The number of aromatic amines is 1. The third-order valence-electron chi connectivity index (χ3n) is 6.47. The van der Waals surface area contributed by atoms with E-state index in [-0.39, 0.29) is 29.5 Å². The quantitative estimate of drug-likeness (QED) is 0.530.